The van der Waals surface area contributed by atoms with Gasteiger partial charge in [0.2, 0.25) is 0 Å². The zero-order valence-corrected chi connectivity index (χ0v) is 15.4. The molecule has 3 aromatic rings. The highest BCUT2D eigenvalue weighted by atomic mass is 35.5. The van der Waals surface area contributed by atoms with Gasteiger partial charge in [0.1, 0.15) is 5.75 Å². The summed E-state index contributed by atoms with van der Waals surface area (Å²) in [5.74, 6) is -0.529. The van der Waals surface area contributed by atoms with Gasteiger partial charge in [0.25, 0.3) is 5.91 Å². The van der Waals surface area contributed by atoms with Gasteiger partial charge in [-0.1, -0.05) is 11.6 Å². The first-order valence-electron chi connectivity index (χ1n) is 8.04. The Balaban J connectivity index is 2.30. The second-order valence-corrected chi connectivity index (χ2v) is 6.51. The number of halogens is 1. The highest BCUT2D eigenvalue weighted by Crippen LogP contribution is 2.34. The normalized spacial score (nSPS) is 10.9. The molecule has 0 unspecified atom stereocenters. The third-order valence-corrected chi connectivity index (χ3v) is 4.80. The van der Waals surface area contributed by atoms with E-state index in [0.717, 1.165) is 10.9 Å². The molecule has 1 N–H and O–H groups in total. The summed E-state index contributed by atoms with van der Waals surface area (Å²) in [5.41, 5.74) is 3.18. The first kappa shape index (κ1) is 18.0. The van der Waals surface area contributed by atoms with Crippen LogP contribution in [0.4, 0.5) is 0 Å². The van der Waals surface area contributed by atoms with E-state index in [4.69, 9.17) is 16.3 Å². The van der Waals surface area contributed by atoms with Gasteiger partial charge in [-0.15, -0.1) is 0 Å². The fourth-order valence-electron chi connectivity index (χ4n) is 3.31. The van der Waals surface area contributed by atoms with E-state index < -0.39 is 5.97 Å². The van der Waals surface area contributed by atoms with Gasteiger partial charge in [0.05, 0.1) is 19.0 Å². The second kappa shape index (κ2) is 6.84. The Hall–Kier alpha value is -2.79. The molecule has 0 aliphatic rings. The molecule has 134 valence electrons. The van der Waals surface area contributed by atoms with Crippen molar-refractivity contribution in [3.63, 3.8) is 0 Å². The number of fused-ring (bicyclic) bond motifs is 1. The van der Waals surface area contributed by atoms with Crippen molar-refractivity contribution in [2.45, 2.75) is 20.3 Å². The molecule has 0 fully saturated rings. The van der Waals surface area contributed by atoms with Crippen LogP contribution in [0.5, 0.6) is 5.75 Å². The molecular weight excluding hydrogens is 354 g/mol. The third-order valence-electron chi connectivity index (χ3n) is 4.55. The van der Waals surface area contributed by atoms with Crippen LogP contribution in [0.15, 0.2) is 36.4 Å². The second-order valence-electron chi connectivity index (χ2n) is 6.07. The van der Waals surface area contributed by atoms with Gasteiger partial charge in [-0.25, -0.2) is 0 Å². The maximum atomic E-state index is 13.1. The van der Waals surface area contributed by atoms with Crippen LogP contribution in [-0.4, -0.2) is 28.7 Å². The highest BCUT2D eigenvalue weighted by molar-refractivity contribution is 6.30. The largest absolute Gasteiger partial charge is 0.496 e. The van der Waals surface area contributed by atoms with E-state index in [1.54, 1.807) is 55.0 Å². The standard InChI is InChI=1S/C20H18ClNO4/c1-11-17(26-3)9-8-16-19(11)15(10-18(23)24)12(2)22(16)20(25)13-4-6-14(21)7-5-13/h4-9H,10H2,1-3H3,(H,23,24). The lowest BCUT2D eigenvalue weighted by atomic mass is 10.0. The van der Waals surface area contributed by atoms with Crippen LogP contribution in [0.2, 0.25) is 5.02 Å². The van der Waals surface area contributed by atoms with Gasteiger partial charge in [-0.3, -0.25) is 14.2 Å². The van der Waals surface area contributed by atoms with Crippen LogP contribution in [0.1, 0.15) is 27.2 Å². The van der Waals surface area contributed by atoms with E-state index >= 15 is 0 Å². The molecule has 1 aromatic heterocycles. The number of aryl methyl sites for hydroxylation is 1. The molecule has 26 heavy (non-hydrogen) atoms. The molecule has 0 saturated carbocycles. The Morgan fingerprint density at radius 1 is 1.12 bits per heavy atom. The van der Waals surface area contributed by atoms with E-state index in [-0.39, 0.29) is 12.3 Å². The number of hydrogen-bond donors (Lipinski definition) is 1. The topological polar surface area (TPSA) is 68.5 Å². The minimum atomic E-state index is -0.951. The molecule has 0 bridgehead atoms. The monoisotopic (exact) mass is 371 g/mol. The maximum absolute atomic E-state index is 13.1. The molecule has 0 atom stereocenters. The lowest BCUT2D eigenvalue weighted by Gasteiger charge is -2.09. The van der Waals surface area contributed by atoms with Crippen molar-refractivity contribution in [2.75, 3.05) is 7.11 Å². The summed E-state index contributed by atoms with van der Waals surface area (Å²) >= 11 is 5.91. The molecule has 0 radical (unpaired) electrons. The lowest BCUT2D eigenvalue weighted by molar-refractivity contribution is -0.136. The lowest BCUT2D eigenvalue weighted by Crippen LogP contribution is -2.14. The SMILES string of the molecule is COc1ccc2c(c1C)c(CC(=O)O)c(C)n2C(=O)c1ccc(Cl)cc1. The zero-order chi connectivity index (χ0) is 19.0. The average molecular weight is 372 g/mol. The zero-order valence-electron chi connectivity index (χ0n) is 14.7. The molecule has 0 saturated heterocycles. The maximum Gasteiger partial charge on any atom is 0.307 e. The Morgan fingerprint density at radius 2 is 1.77 bits per heavy atom. The number of methoxy groups -OCH3 is 1. The molecule has 6 heteroatoms. The minimum absolute atomic E-state index is 0.169. The van der Waals surface area contributed by atoms with Gasteiger partial charge in [-0.2, -0.15) is 0 Å². The Labute approximate surface area is 155 Å². The Bertz CT molecular complexity index is 1020. The molecule has 0 aliphatic heterocycles. The molecular formula is C20H18ClNO4. The minimum Gasteiger partial charge on any atom is -0.496 e. The van der Waals surface area contributed by atoms with E-state index in [0.29, 0.717) is 33.1 Å². The summed E-state index contributed by atoms with van der Waals surface area (Å²) < 4.78 is 6.92. The number of aromatic nitrogens is 1. The number of ether oxygens (including phenoxy) is 1. The molecule has 0 aliphatic carbocycles. The average Bonchev–Trinajstić information content (AvgIpc) is 2.87. The number of benzene rings is 2. The number of carbonyl (C=O) groups is 2. The molecule has 3 rings (SSSR count). The van der Waals surface area contributed by atoms with Crippen molar-refractivity contribution in [3.05, 3.63) is 63.8 Å². The molecule has 1 heterocycles. The van der Waals surface area contributed by atoms with E-state index in [9.17, 15) is 14.7 Å². The summed E-state index contributed by atoms with van der Waals surface area (Å²) in [6.45, 7) is 3.63. The molecule has 5 nitrogen and oxygen atoms in total. The first-order chi connectivity index (χ1) is 12.3. The van der Waals surface area contributed by atoms with Crippen molar-refractivity contribution in [2.24, 2.45) is 0 Å². The summed E-state index contributed by atoms with van der Waals surface area (Å²) in [6.07, 6.45) is -0.169. The van der Waals surface area contributed by atoms with Crippen molar-refractivity contribution in [1.82, 2.24) is 4.57 Å². The van der Waals surface area contributed by atoms with Crippen LogP contribution in [-0.2, 0) is 11.2 Å². The number of rotatable bonds is 4. The summed E-state index contributed by atoms with van der Waals surface area (Å²) in [5, 5.41) is 10.6. The van der Waals surface area contributed by atoms with Gasteiger partial charge in [0.15, 0.2) is 0 Å². The fraction of sp³-hybridized carbons (Fsp3) is 0.200. The molecule has 0 spiro atoms. The summed E-state index contributed by atoms with van der Waals surface area (Å²) in [7, 11) is 1.56. The van der Waals surface area contributed by atoms with Gasteiger partial charge in [-0.05, 0) is 55.8 Å². The van der Waals surface area contributed by atoms with Gasteiger partial charge >= 0.3 is 5.97 Å². The number of nitrogens with zero attached hydrogens (tertiary/aromatic N) is 1. The van der Waals surface area contributed by atoms with E-state index in [1.165, 1.54) is 0 Å². The number of carboxylic acid groups (broad SMARTS) is 1. The summed E-state index contributed by atoms with van der Waals surface area (Å²) in [4.78, 5) is 24.5. The predicted molar refractivity (Wildman–Crippen MR) is 100 cm³/mol. The van der Waals surface area contributed by atoms with E-state index in [1.807, 2.05) is 6.92 Å². The van der Waals surface area contributed by atoms with Crippen molar-refractivity contribution < 1.29 is 19.4 Å². The smallest absolute Gasteiger partial charge is 0.307 e. The Morgan fingerprint density at radius 3 is 2.35 bits per heavy atom. The summed E-state index contributed by atoms with van der Waals surface area (Å²) in [6, 6.07) is 10.2. The van der Waals surface area contributed by atoms with Crippen LogP contribution >= 0.6 is 11.6 Å². The third kappa shape index (κ3) is 2.95. The Kier molecular flexibility index (Phi) is 4.74. The van der Waals surface area contributed by atoms with Crippen molar-refractivity contribution in [3.8, 4) is 5.75 Å². The quantitative estimate of drug-likeness (QED) is 0.745. The van der Waals surface area contributed by atoms with E-state index in [2.05, 4.69) is 0 Å². The molecule has 2 aromatic carbocycles. The van der Waals surface area contributed by atoms with Crippen molar-refractivity contribution >= 4 is 34.4 Å². The van der Waals surface area contributed by atoms with Crippen molar-refractivity contribution in [1.29, 1.82) is 0 Å². The molecule has 0 amide bonds. The number of hydrogen-bond acceptors (Lipinski definition) is 3. The predicted octanol–water partition coefficient (Wildman–Crippen LogP) is 4.24. The van der Waals surface area contributed by atoms with Crippen LogP contribution in [0.3, 0.4) is 0 Å². The number of carbonyl (C=O) groups excluding carboxylic acids is 1. The van der Waals surface area contributed by atoms with Gasteiger partial charge < -0.3 is 9.84 Å². The fourth-order valence-corrected chi connectivity index (χ4v) is 3.44. The number of aliphatic carboxylic acids is 1. The van der Waals surface area contributed by atoms with Crippen LogP contribution in [0, 0.1) is 13.8 Å². The van der Waals surface area contributed by atoms with Crippen LogP contribution < -0.4 is 4.74 Å². The first-order valence-corrected chi connectivity index (χ1v) is 8.42. The van der Waals surface area contributed by atoms with Crippen LogP contribution in [0.25, 0.3) is 10.9 Å². The van der Waals surface area contributed by atoms with Gasteiger partial charge in [0, 0.05) is 27.2 Å². The highest BCUT2D eigenvalue weighted by Gasteiger charge is 2.23. The number of carboxylic acids is 1.